The molecule has 0 aliphatic rings. The lowest BCUT2D eigenvalue weighted by Crippen LogP contribution is -2.28. The lowest BCUT2D eigenvalue weighted by atomic mass is 10.1. The summed E-state index contributed by atoms with van der Waals surface area (Å²) in [6.07, 6.45) is 0.332. The van der Waals surface area contributed by atoms with Crippen molar-refractivity contribution < 1.29 is 19.1 Å². The Labute approximate surface area is 95.3 Å². The number of carbonyl (C=O) groups is 2. The van der Waals surface area contributed by atoms with Crippen LogP contribution in [0, 0.1) is 23.2 Å². The molecule has 0 radical (unpaired) electrons. The van der Waals surface area contributed by atoms with E-state index in [0.717, 1.165) is 0 Å². The first-order chi connectivity index (χ1) is 7.56. The molecule has 0 heterocycles. The Balaban J connectivity index is 4.22. The molecule has 2 atom stereocenters. The third kappa shape index (κ3) is 4.78. The van der Waals surface area contributed by atoms with Gasteiger partial charge in [0.05, 0.1) is 18.6 Å². The van der Waals surface area contributed by atoms with Gasteiger partial charge in [0.2, 0.25) is 0 Å². The molecule has 0 aromatic rings. The summed E-state index contributed by atoms with van der Waals surface area (Å²) in [5, 5.41) is 8.50. The summed E-state index contributed by atoms with van der Waals surface area (Å²) in [5.41, 5.74) is 0. The number of carbonyl (C=O) groups excluding carboxylic acids is 2. The number of hydrogen-bond acceptors (Lipinski definition) is 5. The van der Waals surface area contributed by atoms with Crippen molar-refractivity contribution in [2.45, 2.75) is 27.2 Å². The van der Waals surface area contributed by atoms with Crippen LogP contribution in [-0.4, -0.2) is 25.2 Å². The van der Waals surface area contributed by atoms with Crippen LogP contribution in [0.2, 0.25) is 0 Å². The van der Waals surface area contributed by atoms with Crippen LogP contribution in [0.15, 0.2) is 0 Å². The van der Waals surface area contributed by atoms with Gasteiger partial charge in [-0.3, -0.25) is 9.59 Å². The minimum Gasteiger partial charge on any atom is -0.465 e. The molecule has 0 spiro atoms. The van der Waals surface area contributed by atoms with Crippen molar-refractivity contribution in [1.82, 2.24) is 0 Å². The Hall–Kier alpha value is -1.57. The van der Waals surface area contributed by atoms with Crippen LogP contribution < -0.4 is 0 Å². The van der Waals surface area contributed by atoms with Crippen LogP contribution in [0.4, 0.5) is 0 Å². The fourth-order valence-corrected chi connectivity index (χ4v) is 1.02. The van der Waals surface area contributed by atoms with Gasteiger partial charge in [-0.2, -0.15) is 5.26 Å². The van der Waals surface area contributed by atoms with Crippen molar-refractivity contribution in [2.24, 2.45) is 11.8 Å². The summed E-state index contributed by atoms with van der Waals surface area (Å²) < 4.78 is 9.60. The van der Waals surface area contributed by atoms with Crippen molar-refractivity contribution in [1.29, 1.82) is 5.26 Å². The lowest BCUT2D eigenvalue weighted by molar-refractivity contribution is -0.162. The third-order valence-corrected chi connectivity index (χ3v) is 1.96. The minimum absolute atomic E-state index is 0.00520. The van der Waals surface area contributed by atoms with Gasteiger partial charge in [-0.1, -0.05) is 6.92 Å². The van der Waals surface area contributed by atoms with Gasteiger partial charge >= 0.3 is 11.9 Å². The van der Waals surface area contributed by atoms with E-state index in [4.69, 9.17) is 14.7 Å². The summed E-state index contributed by atoms with van der Waals surface area (Å²) in [6.45, 7) is 5.26. The van der Waals surface area contributed by atoms with Crippen LogP contribution in [0.3, 0.4) is 0 Å². The maximum absolute atomic E-state index is 11.5. The first kappa shape index (κ1) is 14.4. The minimum atomic E-state index is -0.883. The molecule has 16 heavy (non-hydrogen) atoms. The van der Waals surface area contributed by atoms with Gasteiger partial charge in [-0.25, -0.2) is 0 Å². The van der Waals surface area contributed by atoms with Gasteiger partial charge in [-0.05, 0) is 20.3 Å². The summed E-state index contributed by atoms with van der Waals surface area (Å²) in [7, 11) is 0. The number of esters is 2. The predicted molar refractivity (Wildman–Crippen MR) is 56.2 cm³/mol. The summed E-state index contributed by atoms with van der Waals surface area (Å²) in [4.78, 5) is 22.8. The summed E-state index contributed by atoms with van der Waals surface area (Å²) in [5.74, 6) is -2.45. The first-order valence-electron chi connectivity index (χ1n) is 5.29. The molecule has 90 valence electrons. The highest BCUT2D eigenvalue weighted by atomic mass is 16.6. The van der Waals surface area contributed by atoms with Gasteiger partial charge in [0, 0.05) is 0 Å². The molecule has 0 rings (SSSR count). The highest BCUT2D eigenvalue weighted by Crippen LogP contribution is 2.09. The zero-order valence-corrected chi connectivity index (χ0v) is 9.86. The molecular weight excluding hydrogens is 210 g/mol. The van der Waals surface area contributed by atoms with Gasteiger partial charge in [0.25, 0.3) is 0 Å². The molecule has 0 aromatic carbocycles. The number of nitriles is 1. The van der Waals surface area contributed by atoms with Crippen molar-refractivity contribution in [3.8, 4) is 6.07 Å². The van der Waals surface area contributed by atoms with E-state index in [-0.39, 0.29) is 19.1 Å². The Kier molecular flexibility index (Phi) is 6.93. The van der Waals surface area contributed by atoms with Crippen molar-refractivity contribution in [3.05, 3.63) is 0 Å². The van der Waals surface area contributed by atoms with E-state index in [1.165, 1.54) is 0 Å². The monoisotopic (exact) mass is 227 g/mol. The number of hydrogen-bond donors (Lipinski definition) is 0. The number of ether oxygens (including phenoxy) is 2. The first-order valence-corrected chi connectivity index (χ1v) is 5.29. The predicted octanol–water partition coefficient (Wildman–Crippen LogP) is 1.28. The second kappa shape index (κ2) is 7.69. The van der Waals surface area contributed by atoms with Gasteiger partial charge in [0.1, 0.15) is 6.61 Å². The third-order valence-electron chi connectivity index (χ3n) is 1.96. The van der Waals surface area contributed by atoms with E-state index in [2.05, 4.69) is 0 Å². The maximum atomic E-state index is 11.5. The zero-order chi connectivity index (χ0) is 12.6. The van der Waals surface area contributed by atoms with Crippen molar-refractivity contribution in [2.75, 3.05) is 13.2 Å². The number of nitrogens with zero attached hydrogens (tertiary/aromatic N) is 1. The topological polar surface area (TPSA) is 76.4 Å². The van der Waals surface area contributed by atoms with E-state index in [1.807, 2.05) is 6.07 Å². The van der Waals surface area contributed by atoms with Crippen LogP contribution in [0.25, 0.3) is 0 Å². The molecule has 0 aromatic heterocycles. The second-order valence-electron chi connectivity index (χ2n) is 3.37. The maximum Gasteiger partial charge on any atom is 0.320 e. The van der Waals surface area contributed by atoms with Gasteiger partial charge in [-0.15, -0.1) is 0 Å². The fourth-order valence-electron chi connectivity index (χ4n) is 1.02. The lowest BCUT2D eigenvalue weighted by Gasteiger charge is -2.13. The second-order valence-corrected chi connectivity index (χ2v) is 3.37. The summed E-state index contributed by atoms with van der Waals surface area (Å²) >= 11 is 0. The number of rotatable bonds is 6. The Morgan fingerprint density at radius 2 is 1.81 bits per heavy atom. The van der Waals surface area contributed by atoms with E-state index in [1.54, 1.807) is 20.8 Å². The van der Waals surface area contributed by atoms with Crippen LogP contribution in [-0.2, 0) is 19.1 Å². The molecular formula is C11H17NO4. The van der Waals surface area contributed by atoms with Crippen LogP contribution in [0.5, 0.6) is 0 Å². The summed E-state index contributed by atoms with van der Waals surface area (Å²) in [6, 6.07) is 1.94. The van der Waals surface area contributed by atoms with Gasteiger partial charge < -0.3 is 9.47 Å². The smallest absolute Gasteiger partial charge is 0.320 e. The molecule has 0 aliphatic carbocycles. The molecule has 0 amide bonds. The largest absolute Gasteiger partial charge is 0.465 e. The molecule has 5 nitrogen and oxygen atoms in total. The molecule has 5 heteroatoms. The van der Waals surface area contributed by atoms with E-state index < -0.39 is 17.9 Å². The fraction of sp³-hybridized carbons (Fsp3) is 0.727. The Bertz CT molecular complexity index is 282. The molecule has 0 saturated carbocycles. The average molecular weight is 227 g/mol. The molecule has 0 aliphatic heterocycles. The average Bonchev–Trinajstić information content (AvgIpc) is 2.27. The van der Waals surface area contributed by atoms with Crippen molar-refractivity contribution >= 4 is 11.9 Å². The van der Waals surface area contributed by atoms with Gasteiger partial charge in [0.15, 0.2) is 5.92 Å². The Morgan fingerprint density at radius 3 is 2.25 bits per heavy atom. The SMILES string of the molecule is CCOC(=O)C(CC)C(=O)OCC(C)C#N. The molecule has 0 saturated heterocycles. The van der Waals surface area contributed by atoms with Crippen molar-refractivity contribution in [3.63, 3.8) is 0 Å². The molecule has 0 bridgehead atoms. The molecule has 0 N–H and O–H groups in total. The van der Waals surface area contributed by atoms with Crippen LogP contribution in [0.1, 0.15) is 27.2 Å². The van der Waals surface area contributed by atoms with E-state index in [9.17, 15) is 9.59 Å². The van der Waals surface area contributed by atoms with E-state index >= 15 is 0 Å². The quantitative estimate of drug-likeness (QED) is 0.504. The highest BCUT2D eigenvalue weighted by Gasteiger charge is 2.27. The molecule has 0 fully saturated rings. The highest BCUT2D eigenvalue weighted by molar-refractivity contribution is 5.94. The Morgan fingerprint density at radius 1 is 1.25 bits per heavy atom. The van der Waals surface area contributed by atoms with E-state index in [0.29, 0.717) is 6.42 Å². The molecule has 2 unspecified atom stereocenters. The zero-order valence-electron chi connectivity index (χ0n) is 9.86. The standard InChI is InChI=1S/C11H17NO4/c1-4-9(10(13)15-5-2)11(14)16-7-8(3)6-12/h8-9H,4-5,7H2,1-3H3. The normalized spacial score (nSPS) is 13.4. The van der Waals surface area contributed by atoms with Crippen LogP contribution >= 0.6 is 0 Å².